The molecule has 3 heterocycles. The van der Waals surface area contributed by atoms with Crippen molar-refractivity contribution in [2.24, 2.45) is 9.98 Å². The number of nitrogens with zero attached hydrogens (tertiary/aromatic N) is 6. The van der Waals surface area contributed by atoms with Gasteiger partial charge in [-0.1, -0.05) is 12.1 Å². The van der Waals surface area contributed by atoms with Crippen LogP contribution in [0.4, 0.5) is 9.80 Å². The zero-order valence-corrected chi connectivity index (χ0v) is 20.0. The van der Waals surface area contributed by atoms with E-state index in [4.69, 9.17) is 4.74 Å². The van der Waals surface area contributed by atoms with Crippen LogP contribution >= 0.6 is 11.3 Å². The van der Waals surface area contributed by atoms with E-state index in [1.807, 2.05) is 18.2 Å². The lowest BCUT2D eigenvalue weighted by Crippen LogP contribution is -2.63. The zero-order valence-electron chi connectivity index (χ0n) is 19.2. The molecular formula is C24H24N6O3S. The molecule has 0 saturated carbocycles. The second-order valence-electron chi connectivity index (χ2n) is 8.61. The number of carbonyl (C=O) groups excluding carboxylic acids is 2. The number of hydrogen-bond acceptors (Lipinski definition) is 8. The predicted octanol–water partition coefficient (Wildman–Crippen LogP) is 3.15. The number of carbonyl (C=O) groups is 2. The van der Waals surface area contributed by atoms with Crippen molar-refractivity contribution in [1.29, 1.82) is 5.26 Å². The molecule has 0 spiro atoms. The Hall–Kier alpha value is -3.71. The number of imide groups is 1. The second-order valence-corrected chi connectivity index (χ2v) is 9.69. The van der Waals surface area contributed by atoms with Crippen LogP contribution in [0.2, 0.25) is 0 Å². The summed E-state index contributed by atoms with van der Waals surface area (Å²) in [5.41, 5.74) is 2.67. The molecule has 2 aromatic rings. The van der Waals surface area contributed by atoms with Gasteiger partial charge in [0.1, 0.15) is 16.8 Å². The molecule has 34 heavy (non-hydrogen) atoms. The van der Waals surface area contributed by atoms with Crippen molar-refractivity contribution < 1.29 is 14.3 Å². The molecule has 1 aliphatic carbocycles. The van der Waals surface area contributed by atoms with Gasteiger partial charge in [0.15, 0.2) is 12.2 Å². The number of amidine groups is 1. The molecule has 5 rings (SSSR count). The van der Waals surface area contributed by atoms with Gasteiger partial charge < -0.3 is 14.5 Å². The van der Waals surface area contributed by atoms with Crippen LogP contribution < -0.4 is 4.74 Å². The van der Waals surface area contributed by atoms with Crippen molar-refractivity contribution in [3.05, 3.63) is 45.8 Å². The highest BCUT2D eigenvalue weighted by atomic mass is 32.1. The molecule has 1 fully saturated rings. The van der Waals surface area contributed by atoms with Crippen molar-refractivity contribution >= 4 is 40.5 Å². The average Bonchev–Trinajstić information content (AvgIpc) is 3.37. The minimum atomic E-state index is -0.629. The van der Waals surface area contributed by atoms with E-state index in [9.17, 15) is 14.9 Å². The molecule has 1 saturated heterocycles. The Morgan fingerprint density at radius 1 is 1.21 bits per heavy atom. The van der Waals surface area contributed by atoms with Gasteiger partial charge in [-0.05, 0) is 48.9 Å². The highest BCUT2D eigenvalue weighted by Crippen LogP contribution is 2.39. The molecule has 1 aromatic carbocycles. The number of ether oxygens (including phenoxy) is 1. The molecule has 174 valence electrons. The number of aryl methyl sites for hydroxylation is 1. The number of nitriles is 1. The van der Waals surface area contributed by atoms with Crippen LogP contribution in [0.25, 0.3) is 0 Å². The van der Waals surface area contributed by atoms with Crippen LogP contribution in [0.5, 0.6) is 5.75 Å². The van der Waals surface area contributed by atoms with Crippen LogP contribution in [0.1, 0.15) is 34.4 Å². The number of urea groups is 1. The lowest BCUT2D eigenvalue weighted by Gasteiger charge is -2.38. The van der Waals surface area contributed by atoms with Gasteiger partial charge in [-0.15, -0.1) is 11.3 Å². The summed E-state index contributed by atoms with van der Waals surface area (Å²) in [6.45, 7) is 0. The summed E-state index contributed by atoms with van der Waals surface area (Å²) in [6, 6.07) is 8.95. The van der Waals surface area contributed by atoms with E-state index in [1.165, 1.54) is 16.8 Å². The fourth-order valence-corrected chi connectivity index (χ4v) is 5.76. The number of amides is 3. The number of rotatable bonds is 3. The second kappa shape index (κ2) is 8.57. The fraction of sp³-hybridized carbons (Fsp3) is 0.375. The Kier molecular flexibility index (Phi) is 5.57. The predicted molar refractivity (Wildman–Crippen MR) is 129 cm³/mol. The minimum Gasteiger partial charge on any atom is -0.426 e. The van der Waals surface area contributed by atoms with Crippen molar-refractivity contribution in [3.8, 4) is 11.8 Å². The largest absolute Gasteiger partial charge is 0.426 e. The first-order valence-electron chi connectivity index (χ1n) is 11.1. The molecule has 2 atom stereocenters. The van der Waals surface area contributed by atoms with Gasteiger partial charge in [0.25, 0.3) is 11.9 Å². The molecule has 0 unspecified atom stereocenters. The van der Waals surface area contributed by atoms with E-state index in [1.54, 1.807) is 42.6 Å². The maximum Gasteiger partial charge on any atom is 0.328 e. The summed E-state index contributed by atoms with van der Waals surface area (Å²) in [5, 5.41) is 10.4. The number of likely N-dealkylation sites (N-methyl/N-ethyl adjacent to an activating group) is 3. The minimum absolute atomic E-state index is 0.269. The number of benzene rings is 1. The Balaban J connectivity index is 1.36. The van der Waals surface area contributed by atoms with Crippen LogP contribution in [-0.4, -0.2) is 72.2 Å². The van der Waals surface area contributed by atoms with E-state index >= 15 is 0 Å². The standard InChI is InChI=1S/C24H24N6O3S/c1-28-19-20(29(2)24(32)30(3)22(19)31)27-23(28)33-15-8-6-7-14(11-15)13-26-21-17(12-25)16-9-4-5-10-18(16)34-21/h6-8,11,13,19-20H,4-5,9-10H2,1-3H3/t19-,20+/m0/s1. The maximum absolute atomic E-state index is 12.6. The molecule has 2 aliphatic heterocycles. The van der Waals surface area contributed by atoms with Crippen molar-refractivity contribution in [1.82, 2.24) is 14.7 Å². The van der Waals surface area contributed by atoms with Gasteiger partial charge in [0.2, 0.25) is 0 Å². The third-order valence-corrected chi connectivity index (χ3v) is 7.68. The third kappa shape index (κ3) is 3.62. The highest BCUT2D eigenvalue weighted by Gasteiger charge is 2.50. The number of thiophene rings is 1. The third-order valence-electron chi connectivity index (χ3n) is 6.48. The molecule has 9 nitrogen and oxygen atoms in total. The molecule has 0 bridgehead atoms. The topological polar surface area (TPSA) is 102 Å². The molecule has 3 aliphatic rings. The van der Waals surface area contributed by atoms with Crippen LogP contribution in [-0.2, 0) is 17.6 Å². The van der Waals surface area contributed by atoms with Gasteiger partial charge in [0.05, 0.1) is 5.56 Å². The van der Waals surface area contributed by atoms with Crippen LogP contribution in [0.15, 0.2) is 34.3 Å². The van der Waals surface area contributed by atoms with Crippen molar-refractivity contribution in [2.75, 3.05) is 21.1 Å². The molecule has 3 amide bonds. The van der Waals surface area contributed by atoms with Gasteiger partial charge in [-0.3, -0.25) is 9.69 Å². The summed E-state index contributed by atoms with van der Waals surface area (Å²) in [4.78, 5) is 39.5. The Morgan fingerprint density at radius 2 is 2.00 bits per heavy atom. The first-order chi connectivity index (χ1) is 16.4. The van der Waals surface area contributed by atoms with Gasteiger partial charge >= 0.3 is 6.03 Å². The number of fused-ring (bicyclic) bond motifs is 2. The van der Waals surface area contributed by atoms with Gasteiger partial charge in [-0.25, -0.2) is 14.8 Å². The lowest BCUT2D eigenvalue weighted by atomic mass is 9.96. The normalized spacial score (nSPS) is 22.1. The first-order valence-corrected chi connectivity index (χ1v) is 11.9. The Morgan fingerprint density at radius 3 is 2.79 bits per heavy atom. The van der Waals surface area contributed by atoms with Crippen molar-refractivity contribution in [3.63, 3.8) is 0 Å². The number of hydrogen-bond donors (Lipinski definition) is 0. The first kappa shape index (κ1) is 22.1. The quantitative estimate of drug-likeness (QED) is 0.634. The van der Waals surface area contributed by atoms with Crippen molar-refractivity contribution in [2.45, 2.75) is 37.9 Å². The van der Waals surface area contributed by atoms with E-state index in [-0.39, 0.29) is 11.9 Å². The number of aliphatic imine (C=N–C) groups is 2. The summed E-state index contributed by atoms with van der Waals surface area (Å²) in [7, 11) is 4.82. The van der Waals surface area contributed by atoms with E-state index in [0.29, 0.717) is 11.3 Å². The molecule has 0 radical (unpaired) electrons. The van der Waals surface area contributed by atoms with E-state index in [2.05, 4.69) is 16.1 Å². The smallest absolute Gasteiger partial charge is 0.328 e. The monoisotopic (exact) mass is 476 g/mol. The Bertz CT molecular complexity index is 1280. The van der Waals surface area contributed by atoms with Gasteiger partial charge in [-0.2, -0.15) is 5.26 Å². The Labute approximate surface area is 201 Å². The molecule has 1 aromatic heterocycles. The average molecular weight is 477 g/mol. The molecule has 0 N–H and O–H groups in total. The summed E-state index contributed by atoms with van der Waals surface area (Å²) < 4.78 is 6.01. The molecular weight excluding hydrogens is 452 g/mol. The fourth-order valence-electron chi connectivity index (χ4n) is 4.58. The van der Waals surface area contributed by atoms with E-state index < -0.39 is 18.2 Å². The lowest BCUT2D eigenvalue weighted by molar-refractivity contribution is -0.135. The molecule has 10 heteroatoms. The van der Waals surface area contributed by atoms with Gasteiger partial charge in [0, 0.05) is 32.2 Å². The summed E-state index contributed by atoms with van der Waals surface area (Å²) >= 11 is 1.60. The zero-order chi connectivity index (χ0) is 24.0. The van der Waals surface area contributed by atoms with Crippen LogP contribution in [0, 0.1) is 11.3 Å². The summed E-state index contributed by atoms with van der Waals surface area (Å²) in [6.07, 6.45) is 5.35. The maximum atomic E-state index is 12.6. The van der Waals surface area contributed by atoms with Crippen LogP contribution in [0.3, 0.4) is 0 Å². The summed E-state index contributed by atoms with van der Waals surface area (Å²) in [5.74, 6) is 0.222. The van der Waals surface area contributed by atoms with E-state index in [0.717, 1.165) is 46.7 Å². The SMILES string of the molecule is CN1C(=O)[C@@H]2[C@H](N=C(Oc3cccc(C=Nc4sc5c(c4C#N)CCCC5)c3)N2C)N(C)C1=O. The highest BCUT2D eigenvalue weighted by molar-refractivity contribution is 7.16.